The lowest BCUT2D eigenvalue weighted by molar-refractivity contribution is -0.123. The van der Waals surface area contributed by atoms with E-state index < -0.39 is 0 Å². The molecule has 1 aromatic heterocycles. The molecular formula is C26H30N4O2. The van der Waals surface area contributed by atoms with Crippen LogP contribution < -0.4 is 15.1 Å². The molecule has 1 aliphatic rings. The van der Waals surface area contributed by atoms with Gasteiger partial charge < -0.3 is 9.64 Å². The number of para-hydroxylation sites is 1. The van der Waals surface area contributed by atoms with Crippen LogP contribution in [-0.4, -0.2) is 35.8 Å². The monoisotopic (exact) mass is 430 g/mol. The van der Waals surface area contributed by atoms with E-state index in [4.69, 9.17) is 4.74 Å². The number of ether oxygens (including phenoxy) is 1. The summed E-state index contributed by atoms with van der Waals surface area (Å²) in [6.07, 6.45) is 4.49. The number of nitrogens with zero attached hydrogens (tertiary/aromatic N) is 3. The molecule has 4 rings (SSSR count). The number of carbonyl (C=O) groups excluding carboxylic acids is 1. The molecule has 1 unspecified atom stereocenters. The number of benzene rings is 2. The summed E-state index contributed by atoms with van der Waals surface area (Å²) in [5.41, 5.74) is 7.00. The van der Waals surface area contributed by atoms with Crippen LogP contribution in [0.3, 0.4) is 0 Å². The molecule has 1 atom stereocenters. The third-order valence-corrected chi connectivity index (χ3v) is 6.08. The van der Waals surface area contributed by atoms with Crippen LogP contribution in [0, 0.1) is 0 Å². The average Bonchev–Trinajstić information content (AvgIpc) is 2.77. The number of fused-ring (bicyclic) bond motifs is 2. The Hall–Kier alpha value is -3.41. The Morgan fingerprint density at radius 2 is 2.09 bits per heavy atom. The molecular weight excluding hydrogens is 400 g/mol. The number of aromatic nitrogens is 1. The highest BCUT2D eigenvalue weighted by Gasteiger charge is 2.35. The molecule has 0 spiro atoms. The summed E-state index contributed by atoms with van der Waals surface area (Å²) in [6.45, 7) is 9.92. The van der Waals surface area contributed by atoms with Crippen molar-refractivity contribution in [2.75, 3.05) is 18.1 Å². The van der Waals surface area contributed by atoms with Gasteiger partial charge in [0.05, 0.1) is 6.21 Å². The number of hydrazone groups is 1. The number of carbonyl (C=O) groups is 1. The first-order valence-electron chi connectivity index (χ1n) is 11.1. The largest absolute Gasteiger partial charge is 0.481 e. The number of pyridine rings is 1. The summed E-state index contributed by atoms with van der Waals surface area (Å²) in [5, 5.41) is 5.09. The van der Waals surface area contributed by atoms with Gasteiger partial charge >= 0.3 is 0 Å². The summed E-state index contributed by atoms with van der Waals surface area (Å²) in [4.78, 5) is 19.0. The van der Waals surface area contributed by atoms with E-state index in [1.54, 1.807) is 18.5 Å². The quantitative estimate of drug-likeness (QED) is 0.447. The van der Waals surface area contributed by atoms with Crippen molar-refractivity contribution in [1.29, 1.82) is 0 Å². The number of hydrogen-bond donors (Lipinski definition) is 1. The smallest absolute Gasteiger partial charge is 0.277 e. The maximum atomic E-state index is 12.2. The van der Waals surface area contributed by atoms with Crippen molar-refractivity contribution in [3.63, 3.8) is 0 Å². The van der Waals surface area contributed by atoms with Crippen molar-refractivity contribution in [1.82, 2.24) is 10.4 Å². The van der Waals surface area contributed by atoms with Crippen LogP contribution in [0.4, 0.5) is 5.69 Å². The Bertz CT molecular complexity index is 1150. The Labute approximate surface area is 189 Å². The molecule has 166 valence electrons. The first kappa shape index (κ1) is 21.8. The second kappa shape index (κ2) is 8.99. The lowest BCUT2D eigenvalue weighted by Gasteiger charge is -2.47. The third kappa shape index (κ3) is 4.44. The Balaban J connectivity index is 1.39. The SMILES string of the molecule is CCN1c2ccc(/C=N\NC(=O)COc3cccc4cccnc34)cc2C(C)CC1(C)C. The summed E-state index contributed by atoms with van der Waals surface area (Å²) in [7, 11) is 0. The van der Waals surface area contributed by atoms with Crippen LogP contribution in [0.25, 0.3) is 10.9 Å². The molecule has 2 heterocycles. The van der Waals surface area contributed by atoms with Gasteiger partial charge in [-0.25, -0.2) is 5.43 Å². The fraction of sp³-hybridized carbons (Fsp3) is 0.346. The summed E-state index contributed by atoms with van der Waals surface area (Å²) in [5.74, 6) is 0.724. The molecule has 32 heavy (non-hydrogen) atoms. The van der Waals surface area contributed by atoms with Gasteiger partial charge in [-0.15, -0.1) is 0 Å². The van der Waals surface area contributed by atoms with Crippen LogP contribution in [0.2, 0.25) is 0 Å². The van der Waals surface area contributed by atoms with E-state index in [1.807, 2.05) is 30.3 Å². The number of rotatable bonds is 6. The van der Waals surface area contributed by atoms with Crippen LogP contribution in [0.15, 0.2) is 59.8 Å². The molecule has 3 aromatic rings. The van der Waals surface area contributed by atoms with Crippen LogP contribution in [-0.2, 0) is 4.79 Å². The van der Waals surface area contributed by atoms with E-state index in [2.05, 4.69) is 60.2 Å². The highest BCUT2D eigenvalue weighted by molar-refractivity contribution is 5.86. The average molecular weight is 431 g/mol. The minimum Gasteiger partial charge on any atom is -0.481 e. The molecule has 6 heteroatoms. The zero-order valence-corrected chi connectivity index (χ0v) is 19.1. The Kier molecular flexibility index (Phi) is 6.12. The number of amides is 1. The van der Waals surface area contributed by atoms with Crippen molar-refractivity contribution in [3.8, 4) is 5.75 Å². The van der Waals surface area contributed by atoms with E-state index in [0.29, 0.717) is 11.7 Å². The van der Waals surface area contributed by atoms with E-state index >= 15 is 0 Å². The minimum atomic E-state index is -0.320. The molecule has 0 fully saturated rings. The van der Waals surface area contributed by atoms with Crippen molar-refractivity contribution in [3.05, 3.63) is 65.9 Å². The Morgan fingerprint density at radius 3 is 2.91 bits per heavy atom. The van der Waals surface area contributed by atoms with E-state index in [9.17, 15) is 4.79 Å². The number of anilines is 1. The molecule has 1 amide bonds. The fourth-order valence-corrected chi connectivity index (χ4v) is 4.73. The van der Waals surface area contributed by atoms with Gasteiger partial charge in [0.2, 0.25) is 0 Å². The van der Waals surface area contributed by atoms with E-state index in [0.717, 1.165) is 29.4 Å². The third-order valence-electron chi connectivity index (χ3n) is 6.08. The molecule has 1 N–H and O–H groups in total. The highest BCUT2D eigenvalue weighted by atomic mass is 16.5. The van der Waals surface area contributed by atoms with Gasteiger partial charge in [0, 0.05) is 29.4 Å². The number of hydrogen-bond acceptors (Lipinski definition) is 5. The molecule has 0 saturated carbocycles. The summed E-state index contributed by atoms with van der Waals surface area (Å²) >= 11 is 0. The van der Waals surface area contributed by atoms with Crippen LogP contribution in [0.5, 0.6) is 5.75 Å². The second-order valence-electron chi connectivity index (χ2n) is 8.89. The normalized spacial score (nSPS) is 17.4. The van der Waals surface area contributed by atoms with Crippen molar-refractivity contribution < 1.29 is 9.53 Å². The molecule has 0 bridgehead atoms. The lowest BCUT2D eigenvalue weighted by Crippen LogP contribution is -2.48. The second-order valence-corrected chi connectivity index (χ2v) is 8.89. The predicted molar refractivity (Wildman–Crippen MR) is 130 cm³/mol. The van der Waals surface area contributed by atoms with E-state index in [1.165, 1.54) is 11.3 Å². The van der Waals surface area contributed by atoms with Crippen LogP contribution >= 0.6 is 0 Å². The fourth-order valence-electron chi connectivity index (χ4n) is 4.73. The van der Waals surface area contributed by atoms with Crippen molar-refractivity contribution in [2.24, 2.45) is 5.10 Å². The van der Waals surface area contributed by atoms with Gasteiger partial charge in [-0.05, 0) is 68.5 Å². The molecule has 1 aliphatic heterocycles. The molecule has 0 saturated heterocycles. The van der Waals surface area contributed by atoms with Gasteiger partial charge in [-0.3, -0.25) is 9.78 Å². The molecule has 0 radical (unpaired) electrons. The van der Waals surface area contributed by atoms with Crippen LogP contribution in [0.1, 0.15) is 51.2 Å². The summed E-state index contributed by atoms with van der Waals surface area (Å²) in [6, 6.07) is 15.9. The lowest BCUT2D eigenvalue weighted by atomic mass is 9.79. The van der Waals surface area contributed by atoms with Gasteiger partial charge in [0.25, 0.3) is 5.91 Å². The van der Waals surface area contributed by atoms with Crippen molar-refractivity contribution >= 4 is 28.7 Å². The van der Waals surface area contributed by atoms with Gasteiger partial charge in [0.1, 0.15) is 11.3 Å². The van der Waals surface area contributed by atoms with Gasteiger partial charge in [-0.1, -0.05) is 31.2 Å². The van der Waals surface area contributed by atoms with Crippen molar-refractivity contribution in [2.45, 2.75) is 45.6 Å². The first-order valence-corrected chi connectivity index (χ1v) is 11.1. The zero-order chi connectivity index (χ0) is 22.7. The number of nitrogens with one attached hydrogen (secondary N) is 1. The minimum absolute atomic E-state index is 0.130. The van der Waals surface area contributed by atoms with E-state index in [-0.39, 0.29) is 18.1 Å². The standard InChI is InChI=1S/C26H30N4O2/c1-5-30-22-12-11-19(14-21(22)18(2)15-26(30,3)4)16-28-29-24(31)17-32-23-10-6-8-20-9-7-13-27-25(20)23/h6-14,16,18H,5,15,17H2,1-4H3,(H,29,31)/b28-16-. The summed E-state index contributed by atoms with van der Waals surface area (Å²) < 4.78 is 5.66. The molecule has 2 aromatic carbocycles. The highest BCUT2D eigenvalue weighted by Crippen LogP contribution is 2.43. The predicted octanol–water partition coefficient (Wildman–Crippen LogP) is 4.88. The maximum Gasteiger partial charge on any atom is 0.277 e. The Morgan fingerprint density at radius 1 is 1.28 bits per heavy atom. The maximum absolute atomic E-state index is 12.2. The molecule has 0 aliphatic carbocycles. The zero-order valence-electron chi connectivity index (χ0n) is 19.1. The van der Waals surface area contributed by atoms with Gasteiger partial charge in [0.15, 0.2) is 6.61 Å². The first-order chi connectivity index (χ1) is 15.4. The van der Waals surface area contributed by atoms with Gasteiger partial charge in [-0.2, -0.15) is 5.10 Å². The molecule has 6 nitrogen and oxygen atoms in total. The topological polar surface area (TPSA) is 66.8 Å².